The summed E-state index contributed by atoms with van der Waals surface area (Å²) in [7, 11) is 5.83. The molecule has 1 aliphatic carbocycles. The maximum Gasteiger partial charge on any atom is 0.191 e. The van der Waals surface area contributed by atoms with E-state index < -0.39 is 0 Å². The number of nitrogens with zero attached hydrogens (tertiary/aromatic N) is 3. The van der Waals surface area contributed by atoms with Gasteiger partial charge in [0.05, 0.1) is 13.2 Å². The number of aliphatic imine (C=N–C) groups is 1. The average molecular weight is 388 g/mol. The van der Waals surface area contributed by atoms with Crippen molar-refractivity contribution >= 4 is 5.96 Å². The van der Waals surface area contributed by atoms with Crippen LogP contribution in [-0.2, 0) is 0 Å². The lowest BCUT2D eigenvalue weighted by atomic mass is 10.0. The zero-order valence-corrected chi connectivity index (χ0v) is 17.9. The lowest BCUT2D eigenvalue weighted by molar-refractivity contribution is 0.237. The fraction of sp³-hybridized carbons (Fsp3) is 0.682. The van der Waals surface area contributed by atoms with E-state index in [9.17, 15) is 0 Å². The van der Waals surface area contributed by atoms with Crippen molar-refractivity contribution in [2.75, 3.05) is 47.4 Å². The van der Waals surface area contributed by atoms with Crippen LogP contribution in [0, 0.1) is 0 Å². The van der Waals surface area contributed by atoms with Crippen LogP contribution in [-0.4, -0.2) is 75.2 Å². The Bertz CT molecular complexity index is 640. The number of hydrogen-bond acceptors (Lipinski definition) is 4. The maximum atomic E-state index is 5.65. The SMILES string of the molecule is CN=C(NCC(c1ccccc1OC)N1CCCC1)NCC(C)N(C)C1CC1. The number of rotatable bonds is 9. The van der Waals surface area contributed by atoms with Crippen molar-refractivity contribution in [3.63, 3.8) is 0 Å². The maximum absolute atomic E-state index is 5.65. The van der Waals surface area contributed by atoms with Crippen LogP contribution in [0.5, 0.6) is 5.75 Å². The molecule has 1 aliphatic heterocycles. The van der Waals surface area contributed by atoms with E-state index in [1.807, 2.05) is 13.1 Å². The summed E-state index contributed by atoms with van der Waals surface area (Å²) in [6.07, 6.45) is 5.21. The number of likely N-dealkylation sites (N-methyl/N-ethyl adjacent to an activating group) is 1. The molecule has 0 bridgehead atoms. The Morgan fingerprint density at radius 2 is 1.89 bits per heavy atom. The third-order valence-corrected chi connectivity index (χ3v) is 6.15. The molecule has 28 heavy (non-hydrogen) atoms. The second-order valence-electron chi connectivity index (χ2n) is 8.08. The van der Waals surface area contributed by atoms with Gasteiger partial charge in [-0.1, -0.05) is 18.2 Å². The molecule has 156 valence electrons. The summed E-state index contributed by atoms with van der Waals surface area (Å²) in [5.74, 6) is 1.83. The molecule has 2 atom stereocenters. The average Bonchev–Trinajstić information content (AvgIpc) is 3.44. The van der Waals surface area contributed by atoms with Gasteiger partial charge in [-0.25, -0.2) is 0 Å². The molecular formula is C22H37N5O. The van der Waals surface area contributed by atoms with E-state index in [1.165, 1.54) is 31.2 Å². The Morgan fingerprint density at radius 3 is 2.54 bits per heavy atom. The largest absolute Gasteiger partial charge is 0.496 e. The first-order valence-corrected chi connectivity index (χ1v) is 10.7. The molecule has 0 aromatic heterocycles. The number of nitrogens with one attached hydrogen (secondary N) is 2. The summed E-state index contributed by atoms with van der Waals surface area (Å²) >= 11 is 0. The molecule has 0 spiro atoms. The van der Waals surface area contributed by atoms with Crippen molar-refractivity contribution in [3.05, 3.63) is 29.8 Å². The fourth-order valence-corrected chi connectivity index (χ4v) is 4.07. The second kappa shape index (κ2) is 10.1. The molecule has 2 unspecified atom stereocenters. The van der Waals surface area contributed by atoms with Crippen molar-refractivity contribution in [2.45, 2.75) is 50.7 Å². The van der Waals surface area contributed by atoms with Gasteiger partial charge in [0.25, 0.3) is 0 Å². The Labute approximate surface area is 170 Å². The van der Waals surface area contributed by atoms with Crippen LogP contribution in [0.15, 0.2) is 29.3 Å². The van der Waals surface area contributed by atoms with Crippen molar-refractivity contribution in [3.8, 4) is 5.75 Å². The van der Waals surface area contributed by atoms with E-state index in [-0.39, 0.29) is 6.04 Å². The van der Waals surface area contributed by atoms with Crippen molar-refractivity contribution in [1.29, 1.82) is 0 Å². The quantitative estimate of drug-likeness (QED) is 0.504. The number of guanidine groups is 1. The van der Waals surface area contributed by atoms with E-state index in [2.05, 4.69) is 57.6 Å². The number of methoxy groups -OCH3 is 1. The van der Waals surface area contributed by atoms with Gasteiger partial charge in [-0.05, 0) is 58.8 Å². The molecule has 1 heterocycles. The lowest BCUT2D eigenvalue weighted by Gasteiger charge is -2.30. The van der Waals surface area contributed by atoms with Crippen LogP contribution >= 0.6 is 0 Å². The zero-order valence-electron chi connectivity index (χ0n) is 17.9. The molecule has 0 amide bonds. The van der Waals surface area contributed by atoms with E-state index in [1.54, 1.807) is 7.11 Å². The third kappa shape index (κ3) is 5.39. The Balaban J connectivity index is 1.60. The molecule has 6 heteroatoms. The van der Waals surface area contributed by atoms with Crippen LogP contribution in [0.3, 0.4) is 0 Å². The monoisotopic (exact) mass is 387 g/mol. The smallest absolute Gasteiger partial charge is 0.191 e. The number of hydrogen-bond donors (Lipinski definition) is 2. The topological polar surface area (TPSA) is 52.1 Å². The minimum atomic E-state index is 0.281. The number of ether oxygens (including phenoxy) is 1. The predicted molar refractivity (Wildman–Crippen MR) is 116 cm³/mol. The standard InChI is InChI=1S/C22H37N5O/c1-17(26(3)18-11-12-18)15-24-22(23-2)25-16-20(27-13-7-8-14-27)19-9-5-6-10-21(19)28-4/h5-6,9-10,17-18,20H,7-8,11-16H2,1-4H3,(H2,23,24,25). The summed E-state index contributed by atoms with van der Waals surface area (Å²) in [6.45, 7) is 6.27. The van der Waals surface area contributed by atoms with Crippen LogP contribution in [0.2, 0.25) is 0 Å². The normalized spacial score (nSPS) is 20.2. The van der Waals surface area contributed by atoms with Crippen LogP contribution in [0.4, 0.5) is 0 Å². The van der Waals surface area contributed by atoms with Gasteiger partial charge in [-0.15, -0.1) is 0 Å². The molecule has 2 N–H and O–H groups in total. The van der Waals surface area contributed by atoms with E-state index in [4.69, 9.17) is 4.74 Å². The van der Waals surface area contributed by atoms with Gasteiger partial charge in [0.2, 0.25) is 0 Å². The van der Waals surface area contributed by atoms with Crippen molar-refractivity contribution < 1.29 is 4.74 Å². The minimum Gasteiger partial charge on any atom is -0.496 e. The second-order valence-corrected chi connectivity index (χ2v) is 8.08. The van der Waals surface area contributed by atoms with Crippen LogP contribution in [0.25, 0.3) is 0 Å². The highest BCUT2D eigenvalue weighted by Crippen LogP contribution is 2.31. The summed E-state index contributed by atoms with van der Waals surface area (Å²) < 4.78 is 5.65. The third-order valence-electron chi connectivity index (χ3n) is 6.15. The molecule has 1 aromatic carbocycles. The van der Waals surface area contributed by atoms with E-state index in [0.717, 1.165) is 43.9 Å². The van der Waals surface area contributed by atoms with Gasteiger partial charge in [-0.2, -0.15) is 0 Å². The van der Waals surface area contributed by atoms with Gasteiger partial charge in [0, 0.05) is 37.8 Å². The van der Waals surface area contributed by atoms with Crippen LogP contribution in [0.1, 0.15) is 44.2 Å². The molecule has 1 saturated carbocycles. The van der Waals surface area contributed by atoms with E-state index in [0.29, 0.717) is 6.04 Å². The molecule has 2 aliphatic rings. The number of likely N-dealkylation sites (tertiary alicyclic amines) is 1. The highest BCUT2D eigenvalue weighted by atomic mass is 16.5. The van der Waals surface area contributed by atoms with Gasteiger partial charge >= 0.3 is 0 Å². The summed E-state index contributed by atoms with van der Waals surface area (Å²) in [6, 6.07) is 9.93. The number of benzene rings is 1. The summed E-state index contributed by atoms with van der Waals surface area (Å²) in [5.41, 5.74) is 1.25. The van der Waals surface area contributed by atoms with Crippen LogP contribution < -0.4 is 15.4 Å². The van der Waals surface area contributed by atoms with Gasteiger partial charge in [0.15, 0.2) is 5.96 Å². The summed E-state index contributed by atoms with van der Waals surface area (Å²) in [5, 5.41) is 7.06. The minimum absolute atomic E-state index is 0.281. The Kier molecular flexibility index (Phi) is 7.57. The molecular weight excluding hydrogens is 350 g/mol. The molecule has 2 fully saturated rings. The Morgan fingerprint density at radius 1 is 1.21 bits per heavy atom. The predicted octanol–water partition coefficient (Wildman–Crippen LogP) is 2.48. The van der Waals surface area contributed by atoms with Gasteiger partial charge in [-0.3, -0.25) is 14.8 Å². The molecule has 0 radical (unpaired) electrons. The first-order valence-electron chi connectivity index (χ1n) is 10.7. The lowest BCUT2D eigenvalue weighted by Crippen LogP contribution is -2.47. The summed E-state index contributed by atoms with van der Waals surface area (Å²) in [4.78, 5) is 9.47. The fourth-order valence-electron chi connectivity index (χ4n) is 4.07. The highest BCUT2D eigenvalue weighted by molar-refractivity contribution is 5.79. The Hall–Kier alpha value is -1.79. The van der Waals surface area contributed by atoms with E-state index >= 15 is 0 Å². The molecule has 6 nitrogen and oxygen atoms in total. The zero-order chi connectivity index (χ0) is 19.9. The van der Waals surface area contributed by atoms with Gasteiger partial charge < -0.3 is 15.4 Å². The number of para-hydroxylation sites is 1. The molecule has 1 aromatic rings. The molecule has 3 rings (SSSR count). The van der Waals surface area contributed by atoms with Gasteiger partial charge in [0.1, 0.15) is 5.75 Å². The van der Waals surface area contributed by atoms with Crippen molar-refractivity contribution in [1.82, 2.24) is 20.4 Å². The first-order chi connectivity index (χ1) is 13.6. The first kappa shape index (κ1) is 20.9. The highest BCUT2D eigenvalue weighted by Gasteiger charge is 2.29. The molecule has 1 saturated heterocycles. The van der Waals surface area contributed by atoms with Crippen molar-refractivity contribution in [2.24, 2.45) is 4.99 Å².